The molecule has 4 nitrogen and oxygen atoms in total. The van der Waals surface area contributed by atoms with Crippen LogP contribution in [0.25, 0.3) is 0 Å². The van der Waals surface area contributed by atoms with Gasteiger partial charge in [-0.25, -0.2) is 4.39 Å². The van der Waals surface area contributed by atoms with E-state index in [-0.39, 0.29) is 17.0 Å². The van der Waals surface area contributed by atoms with Crippen LogP contribution in [0.5, 0.6) is 11.5 Å². The number of hydrogen-bond donors (Lipinski definition) is 1. The molecule has 2 aromatic rings. The average molecular weight is 273 g/mol. The Bertz CT molecular complexity index is 685. The molecule has 2 N–H and O–H groups in total. The minimum atomic E-state index is -0.603. The number of nitrogens with two attached hydrogens (primary N) is 1. The van der Waals surface area contributed by atoms with Gasteiger partial charge in [0, 0.05) is 11.1 Å². The van der Waals surface area contributed by atoms with Crippen LogP contribution in [0, 0.1) is 5.82 Å². The first-order valence-electron chi connectivity index (χ1n) is 6.15. The summed E-state index contributed by atoms with van der Waals surface area (Å²) < 4.78 is 24.2. The Hall–Kier alpha value is -2.56. The maximum absolute atomic E-state index is 13.4. The van der Waals surface area contributed by atoms with Gasteiger partial charge in [0.05, 0.1) is 5.69 Å². The molecule has 0 spiro atoms. The van der Waals surface area contributed by atoms with E-state index in [1.807, 2.05) is 0 Å². The van der Waals surface area contributed by atoms with Gasteiger partial charge in [-0.2, -0.15) is 0 Å². The topological polar surface area (TPSA) is 61.6 Å². The van der Waals surface area contributed by atoms with E-state index < -0.39 is 5.82 Å². The second-order valence-corrected chi connectivity index (χ2v) is 4.39. The van der Waals surface area contributed by atoms with Crippen LogP contribution in [0.3, 0.4) is 0 Å². The molecule has 1 aliphatic rings. The molecule has 5 heteroatoms. The standard InChI is InChI=1S/C15H12FNO3/c16-11-3-1-2-10(14(11)17)15(18)9-4-5-12-13(8-9)20-7-6-19-12/h1-5,8H,6-7,17H2. The number of carbonyl (C=O) groups excluding carboxylic acids is 1. The minimum absolute atomic E-state index is 0.140. The van der Waals surface area contributed by atoms with Crippen LogP contribution in [-0.2, 0) is 0 Å². The van der Waals surface area contributed by atoms with Crippen LogP contribution >= 0.6 is 0 Å². The average Bonchev–Trinajstić information content (AvgIpc) is 2.49. The molecule has 0 aromatic heterocycles. The Kier molecular flexibility index (Phi) is 3.02. The van der Waals surface area contributed by atoms with Crippen molar-refractivity contribution < 1.29 is 18.7 Å². The Balaban J connectivity index is 2.00. The lowest BCUT2D eigenvalue weighted by Gasteiger charge is -2.18. The Morgan fingerprint density at radius 2 is 1.85 bits per heavy atom. The van der Waals surface area contributed by atoms with Gasteiger partial charge in [0.1, 0.15) is 19.0 Å². The quantitative estimate of drug-likeness (QED) is 0.674. The highest BCUT2D eigenvalue weighted by molar-refractivity contribution is 6.12. The monoisotopic (exact) mass is 273 g/mol. The van der Waals surface area contributed by atoms with E-state index in [0.717, 1.165) is 0 Å². The molecule has 0 saturated carbocycles. The fourth-order valence-corrected chi connectivity index (χ4v) is 2.08. The summed E-state index contributed by atoms with van der Waals surface area (Å²) in [4.78, 5) is 12.4. The lowest BCUT2D eigenvalue weighted by molar-refractivity contribution is 0.103. The normalized spacial score (nSPS) is 13.1. The fraction of sp³-hybridized carbons (Fsp3) is 0.133. The third kappa shape index (κ3) is 2.07. The van der Waals surface area contributed by atoms with Gasteiger partial charge in [0.15, 0.2) is 17.3 Å². The van der Waals surface area contributed by atoms with Crippen molar-refractivity contribution in [2.45, 2.75) is 0 Å². The second kappa shape index (κ2) is 4.85. The third-order valence-corrected chi connectivity index (χ3v) is 3.10. The summed E-state index contributed by atoms with van der Waals surface area (Å²) in [5.41, 5.74) is 5.98. The molecule has 0 atom stereocenters. The zero-order chi connectivity index (χ0) is 14.1. The van der Waals surface area contributed by atoms with Gasteiger partial charge in [0.2, 0.25) is 0 Å². The molecule has 0 fully saturated rings. The van der Waals surface area contributed by atoms with Crippen LogP contribution in [0.1, 0.15) is 15.9 Å². The highest BCUT2D eigenvalue weighted by Gasteiger charge is 2.18. The number of anilines is 1. The molecular weight excluding hydrogens is 261 g/mol. The van der Waals surface area contributed by atoms with Crippen molar-refractivity contribution in [3.63, 3.8) is 0 Å². The van der Waals surface area contributed by atoms with Gasteiger partial charge < -0.3 is 15.2 Å². The Labute approximate surface area is 114 Å². The zero-order valence-electron chi connectivity index (χ0n) is 10.6. The SMILES string of the molecule is Nc1c(F)cccc1C(=O)c1ccc2c(c1)OCCO2. The summed E-state index contributed by atoms with van der Waals surface area (Å²) in [5.74, 6) is 0.157. The number of nitrogen functional groups attached to an aromatic ring is 1. The molecule has 0 amide bonds. The molecule has 1 heterocycles. The molecule has 0 unspecified atom stereocenters. The van der Waals surface area contributed by atoms with Gasteiger partial charge >= 0.3 is 0 Å². The Morgan fingerprint density at radius 3 is 2.65 bits per heavy atom. The predicted octanol–water partition coefficient (Wildman–Crippen LogP) is 2.41. The van der Waals surface area contributed by atoms with Crippen molar-refractivity contribution >= 4 is 11.5 Å². The van der Waals surface area contributed by atoms with E-state index in [4.69, 9.17) is 15.2 Å². The molecule has 0 bridgehead atoms. The molecule has 1 aliphatic heterocycles. The first-order chi connectivity index (χ1) is 9.66. The van der Waals surface area contributed by atoms with Crippen molar-refractivity contribution in [2.24, 2.45) is 0 Å². The highest BCUT2D eigenvalue weighted by Crippen LogP contribution is 2.32. The van der Waals surface area contributed by atoms with E-state index in [0.29, 0.717) is 30.3 Å². The van der Waals surface area contributed by atoms with Gasteiger partial charge in [-0.3, -0.25) is 4.79 Å². The van der Waals surface area contributed by atoms with Crippen LogP contribution in [0.15, 0.2) is 36.4 Å². The number of halogens is 1. The van der Waals surface area contributed by atoms with E-state index in [1.54, 1.807) is 18.2 Å². The van der Waals surface area contributed by atoms with Crippen molar-refractivity contribution in [3.05, 3.63) is 53.3 Å². The van der Waals surface area contributed by atoms with Gasteiger partial charge in [0.25, 0.3) is 0 Å². The van der Waals surface area contributed by atoms with Crippen LogP contribution in [0.4, 0.5) is 10.1 Å². The van der Waals surface area contributed by atoms with Crippen molar-refractivity contribution in [3.8, 4) is 11.5 Å². The summed E-state index contributed by atoms with van der Waals surface area (Å²) in [6.07, 6.45) is 0. The van der Waals surface area contributed by atoms with Gasteiger partial charge in [-0.15, -0.1) is 0 Å². The number of carbonyl (C=O) groups is 1. The zero-order valence-corrected chi connectivity index (χ0v) is 10.6. The number of para-hydroxylation sites is 1. The number of fused-ring (bicyclic) bond motifs is 1. The predicted molar refractivity (Wildman–Crippen MR) is 71.7 cm³/mol. The molecular formula is C15H12FNO3. The summed E-state index contributed by atoms with van der Waals surface area (Å²) in [7, 11) is 0. The van der Waals surface area contributed by atoms with Crippen molar-refractivity contribution in [1.82, 2.24) is 0 Å². The van der Waals surface area contributed by atoms with Crippen LogP contribution < -0.4 is 15.2 Å². The maximum Gasteiger partial charge on any atom is 0.195 e. The summed E-state index contributed by atoms with van der Waals surface area (Å²) in [5, 5.41) is 0. The Morgan fingerprint density at radius 1 is 1.10 bits per heavy atom. The molecule has 102 valence electrons. The number of rotatable bonds is 2. The molecule has 20 heavy (non-hydrogen) atoms. The highest BCUT2D eigenvalue weighted by atomic mass is 19.1. The third-order valence-electron chi connectivity index (χ3n) is 3.10. The van der Waals surface area contributed by atoms with E-state index in [2.05, 4.69) is 0 Å². The number of benzene rings is 2. The molecule has 0 saturated heterocycles. The van der Waals surface area contributed by atoms with Gasteiger partial charge in [-0.05, 0) is 30.3 Å². The first kappa shape index (κ1) is 12.5. The molecule has 0 aliphatic carbocycles. The summed E-state index contributed by atoms with van der Waals surface area (Å²) in [6, 6.07) is 9.03. The number of ketones is 1. The first-order valence-corrected chi connectivity index (χ1v) is 6.15. The lowest BCUT2D eigenvalue weighted by Crippen LogP contribution is -2.16. The molecule has 3 rings (SSSR count). The molecule has 2 aromatic carbocycles. The van der Waals surface area contributed by atoms with Gasteiger partial charge in [-0.1, -0.05) is 6.07 Å². The van der Waals surface area contributed by atoms with Crippen LogP contribution in [-0.4, -0.2) is 19.0 Å². The number of ether oxygens (including phenoxy) is 2. The van der Waals surface area contributed by atoms with E-state index in [9.17, 15) is 9.18 Å². The number of hydrogen-bond acceptors (Lipinski definition) is 4. The van der Waals surface area contributed by atoms with Crippen molar-refractivity contribution in [2.75, 3.05) is 18.9 Å². The fourth-order valence-electron chi connectivity index (χ4n) is 2.08. The minimum Gasteiger partial charge on any atom is -0.486 e. The lowest BCUT2D eigenvalue weighted by atomic mass is 10.0. The second-order valence-electron chi connectivity index (χ2n) is 4.39. The molecule has 0 radical (unpaired) electrons. The summed E-state index contributed by atoms with van der Waals surface area (Å²) in [6.45, 7) is 0.921. The van der Waals surface area contributed by atoms with Crippen molar-refractivity contribution in [1.29, 1.82) is 0 Å². The largest absolute Gasteiger partial charge is 0.486 e. The maximum atomic E-state index is 13.4. The van der Waals surface area contributed by atoms with E-state index in [1.165, 1.54) is 18.2 Å². The summed E-state index contributed by atoms with van der Waals surface area (Å²) >= 11 is 0. The smallest absolute Gasteiger partial charge is 0.195 e. The van der Waals surface area contributed by atoms with Crippen LogP contribution in [0.2, 0.25) is 0 Å². The van der Waals surface area contributed by atoms with E-state index >= 15 is 0 Å².